The number of rotatable bonds is 52. The van der Waals surface area contributed by atoms with Gasteiger partial charge in [-0.2, -0.15) is 54.0 Å². The Labute approximate surface area is 835 Å². The van der Waals surface area contributed by atoms with Crippen molar-refractivity contribution in [1.29, 1.82) is 0 Å². The van der Waals surface area contributed by atoms with Gasteiger partial charge in [-0.3, -0.25) is 9.59 Å². The summed E-state index contributed by atoms with van der Waals surface area (Å²) in [5.41, 5.74) is 42.2. The van der Waals surface area contributed by atoms with Crippen LogP contribution in [0.25, 0.3) is 53.6 Å². The van der Waals surface area contributed by atoms with Gasteiger partial charge in [-0.1, -0.05) is 161 Å². The molecule has 0 unspecified atom stereocenters. The molecule has 0 aliphatic heterocycles. The Hall–Kier alpha value is -12.6. The van der Waals surface area contributed by atoms with Crippen molar-refractivity contribution in [3.8, 4) is 45.3 Å². The van der Waals surface area contributed by atoms with E-state index in [1.165, 1.54) is 0 Å². The molecule has 0 saturated heterocycles. The van der Waals surface area contributed by atoms with E-state index in [9.17, 15) is 53.7 Å². The van der Waals surface area contributed by atoms with Gasteiger partial charge in [-0.05, 0) is 308 Å². The zero-order valence-electron chi connectivity index (χ0n) is 79.3. The number of aliphatic carboxylic acids is 4. The van der Waals surface area contributed by atoms with E-state index in [0.717, 1.165) is 160 Å². The molecule has 0 spiro atoms. The molecular formula is C101H135N13O20S4. The number of benzene rings is 8. The third-order valence-electron chi connectivity index (χ3n) is 21.4. The number of nitrogens with two attached hydrogens (primary N) is 1. The molecule has 8 aromatic rings. The molecule has 0 aromatic heterocycles. The number of nitrogens with one attached hydrogen (secondary N) is 3. The monoisotopic (exact) mass is 1980 g/mol. The number of azide groups is 3. The number of hydrogen-bond donors (Lipinski definition) is 8. The number of alkyl carbamates (subject to hydrolysis) is 3. The number of aryl methyl sites for hydroxylation is 4. The lowest BCUT2D eigenvalue weighted by Crippen LogP contribution is -2.43. The first-order valence-corrected chi connectivity index (χ1v) is 45.5. The standard InChI is InChI=1S/C36H43NO7.C30H32N4O5.C20H30N4O5.C15H22N4O3.4H2S/c1-36(2,3)44-33(38)18-5-4-10-23-42-26-21-19-25(20-22-26)12-11-17-32(34(39)40)37-35(41)43-24-31-29-15-8-6-13-27(29)28-14-7-9-16-30(28)31;31-34-32-18-5-6-19-38-22-16-14-21(15-17-22)8-7-13-28(29(35)36)33-30(37)39-20-27-25-11-3-1-9-23(25)24-10-2-4-12-26(24)27;1-20(2,3)29-19(27)23-17(18(25)26)8-6-7-15-9-11-16(12-10-15)28-14-5-4-13-22-24-21;16-14(15(20)21)5-3-4-12-6-8-13(9-7-12)22-11-2-1-10-18-19-17;;;;/h6-9,13-16,19-22,31-32H,4-5,10-12,17-18,23-24H2,1-3H3,(H,37,41)(H,39,40);1-4,9-12,14-17,27-28H,5-8,13,18-20H2,(H,33,37)(H,35,36);9-12,17H,4-8,13-14H2,1-3H3,(H,23,27)(H,25,26);6-9,14H,1-5,10-11,16H2,(H,20,21);4*1H2/t32-;28-;17-;14-;;;;/m0000..../s1. The highest BCUT2D eigenvalue weighted by molar-refractivity contribution is 7.59. The maximum Gasteiger partial charge on any atom is 0.408 e. The lowest BCUT2D eigenvalue weighted by Gasteiger charge is -2.22. The van der Waals surface area contributed by atoms with E-state index < -0.39 is 77.5 Å². The molecule has 0 fully saturated rings. The summed E-state index contributed by atoms with van der Waals surface area (Å²) in [6.07, 6.45) is 12.2. The first-order chi connectivity index (χ1) is 64.5. The van der Waals surface area contributed by atoms with Crippen molar-refractivity contribution in [3.05, 3.63) is 270 Å². The Morgan fingerprint density at radius 1 is 0.348 bits per heavy atom. The molecule has 2 aliphatic rings. The second kappa shape index (κ2) is 66.0. The summed E-state index contributed by atoms with van der Waals surface area (Å²) in [4.78, 5) is 102. The number of amides is 3. The average molecular weight is 1980 g/mol. The van der Waals surface area contributed by atoms with Crippen LogP contribution >= 0.6 is 54.0 Å². The number of ether oxygens (including phenoxy) is 8. The minimum atomic E-state index is -1.09. The summed E-state index contributed by atoms with van der Waals surface area (Å²) in [6.45, 7) is 14.7. The van der Waals surface area contributed by atoms with Crippen LogP contribution in [0, 0.1) is 0 Å². The van der Waals surface area contributed by atoms with E-state index in [2.05, 4.69) is 70.3 Å². The van der Waals surface area contributed by atoms with Crippen molar-refractivity contribution in [2.24, 2.45) is 21.1 Å². The van der Waals surface area contributed by atoms with Crippen molar-refractivity contribution >= 4 is 102 Å². The topological polar surface area (TPSA) is 500 Å². The molecule has 37 heteroatoms. The molecule has 0 saturated carbocycles. The molecule has 0 radical (unpaired) electrons. The van der Waals surface area contributed by atoms with E-state index in [1.54, 1.807) is 20.8 Å². The number of fused-ring (bicyclic) bond motifs is 6. The Balaban J connectivity index is 0.000000483. The number of nitrogens with zero attached hydrogens (tertiary/aromatic N) is 9. The Bertz CT molecular complexity index is 5080. The van der Waals surface area contributed by atoms with Crippen LogP contribution in [0.1, 0.15) is 213 Å². The molecule has 10 rings (SSSR count). The van der Waals surface area contributed by atoms with Crippen LogP contribution in [-0.4, -0.2) is 163 Å². The molecule has 4 atom stereocenters. The molecule has 2 aliphatic carbocycles. The Kier molecular flexibility index (Phi) is 57.2. The number of carboxylic acid groups (broad SMARTS) is 4. The third-order valence-corrected chi connectivity index (χ3v) is 21.4. The van der Waals surface area contributed by atoms with Crippen molar-refractivity contribution in [1.82, 2.24) is 16.0 Å². The highest BCUT2D eigenvalue weighted by atomic mass is 32.1. The van der Waals surface area contributed by atoms with E-state index in [0.29, 0.717) is 104 Å². The maximum atomic E-state index is 12.6. The van der Waals surface area contributed by atoms with E-state index in [1.807, 2.05) is 191 Å². The van der Waals surface area contributed by atoms with Crippen LogP contribution in [0.15, 0.2) is 209 Å². The number of unbranched alkanes of at least 4 members (excludes halogenated alkanes) is 5. The second-order valence-corrected chi connectivity index (χ2v) is 34.1. The fourth-order valence-electron chi connectivity index (χ4n) is 14.7. The summed E-state index contributed by atoms with van der Waals surface area (Å²) < 4.78 is 44.2. The number of carboxylic acids is 4. The van der Waals surface area contributed by atoms with Crippen LogP contribution in [0.4, 0.5) is 14.4 Å². The van der Waals surface area contributed by atoms with Gasteiger partial charge in [0.2, 0.25) is 0 Å². The number of esters is 1. The highest BCUT2D eigenvalue weighted by Gasteiger charge is 2.33. The molecule has 138 heavy (non-hydrogen) atoms. The van der Waals surface area contributed by atoms with E-state index in [4.69, 9.17) is 65.3 Å². The van der Waals surface area contributed by atoms with Crippen molar-refractivity contribution < 1.29 is 96.7 Å². The smallest absolute Gasteiger partial charge is 0.408 e. The summed E-state index contributed by atoms with van der Waals surface area (Å²) in [5, 5.41) is 55.2. The SMILES string of the molecule is CC(C)(C)OC(=O)CCCCCOc1ccc(CCC[C@H](NC(=O)OCC2c3ccccc3-c3ccccc32)C(=O)O)cc1.CC(C)(C)OC(=O)N[C@@H](CCCc1ccc(OCCCCN=[N+]=[N-])cc1)C(=O)O.S.S.S.S.[N-]=[N+]=NCCCCOc1ccc(CCC[C@H](N)C(=O)O)cc1.[N-]=[N+]=NCCCCOc1ccc(CCC[C@H](NC(=O)OCC2c3ccccc3-c3ccccc32)C(=O)O)cc1. The summed E-state index contributed by atoms with van der Waals surface area (Å²) in [7, 11) is 0. The van der Waals surface area contributed by atoms with E-state index in [-0.39, 0.29) is 97.8 Å². The zero-order valence-corrected chi connectivity index (χ0v) is 83.3. The van der Waals surface area contributed by atoms with Gasteiger partial charge in [0.1, 0.15) is 71.6 Å². The van der Waals surface area contributed by atoms with Gasteiger partial charge < -0.3 is 80.0 Å². The average Bonchev–Trinajstić information content (AvgIpc) is 1.62. The summed E-state index contributed by atoms with van der Waals surface area (Å²) in [6, 6.07) is 59.2. The predicted molar refractivity (Wildman–Crippen MR) is 551 cm³/mol. The highest BCUT2D eigenvalue weighted by Crippen LogP contribution is 2.46. The Morgan fingerprint density at radius 2 is 0.616 bits per heavy atom. The fraction of sp³-hybridized carbons (Fsp3) is 0.446. The minimum absolute atomic E-state index is 0. The molecular weight excluding hydrogens is 1840 g/mol. The molecule has 0 bridgehead atoms. The van der Waals surface area contributed by atoms with Crippen LogP contribution in [0.3, 0.4) is 0 Å². The van der Waals surface area contributed by atoms with Crippen LogP contribution in [-0.2, 0) is 68.6 Å². The van der Waals surface area contributed by atoms with Gasteiger partial charge in [0, 0.05) is 52.6 Å². The van der Waals surface area contributed by atoms with Gasteiger partial charge in [-0.25, -0.2) is 28.8 Å². The third kappa shape index (κ3) is 46.0. The minimum Gasteiger partial charge on any atom is -0.494 e. The predicted octanol–water partition coefficient (Wildman–Crippen LogP) is 21.6. The van der Waals surface area contributed by atoms with Crippen molar-refractivity contribution in [3.63, 3.8) is 0 Å². The summed E-state index contributed by atoms with van der Waals surface area (Å²) in [5.74, 6) is -1.49. The lowest BCUT2D eigenvalue weighted by atomic mass is 9.98. The fourth-order valence-corrected chi connectivity index (χ4v) is 14.7. The first-order valence-electron chi connectivity index (χ1n) is 45.5. The Morgan fingerprint density at radius 3 is 0.884 bits per heavy atom. The van der Waals surface area contributed by atoms with Gasteiger partial charge >= 0.3 is 48.1 Å². The molecule has 3 amide bonds. The van der Waals surface area contributed by atoms with Gasteiger partial charge in [0.25, 0.3) is 0 Å². The van der Waals surface area contributed by atoms with Crippen LogP contribution in [0.5, 0.6) is 23.0 Å². The summed E-state index contributed by atoms with van der Waals surface area (Å²) >= 11 is 0. The lowest BCUT2D eigenvalue weighted by molar-refractivity contribution is -0.155. The van der Waals surface area contributed by atoms with Crippen molar-refractivity contribution in [2.45, 2.75) is 230 Å². The molecule has 748 valence electrons. The van der Waals surface area contributed by atoms with Gasteiger partial charge in [0.15, 0.2) is 0 Å². The first kappa shape index (κ1) is 120. The number of carbonyl (C=O) groups excluding carboxylic acids is 4. The molecule has 8 aromatic carbocycles. The van der Waals surface area contributed by atoms with Gasteiger partial charge in [-0.15, -0.1) is 0 Å². The van der Waals surface area contributed by atoms with E-state index >= 15 is 0 Å². The number of carbonyl (C=O) groups is 8. The van der Waals surface area contributed by atoms with Gasteiger partial charge in [0.05, 0.1) is 26.4 Å². The largest absolute Gasteiger partial charge is 0.494 e. The molecule has 33 nitrogen and oxygen atoms in total. The normalized spacial score (nSPS) is 12.0. The van der Waals surface area contributed by atoms with Crippen LogP contribution < -0.4 is 40.6 Å². The van der Waals surface area contributed by atoms with Crippen LogP contribution in [0.2, 0.25) is 0 Å². The maximum absolute atomic E-state index is 12.6. The number of hydrogen-bond acceptors (Lipinski definition) is 20. The second-order valence-electron chi connectivity index (χ2n) is 34.1. The molecule has 0 heterocycles. The quantitative estimate of drug-likeness (QED) is 0.00438. The van der Waals surface area contributed by atoms with Crippen molar-refractivity contribution in [2.75, 3.05) is 59.3 Å². The molecule has 9 N–H and O–H groups in total. The zero-order chi connectivity index (χ0) is 96.9.